The number of carbonyl (C=O) groups excluding carboxylic acids is 1. The van der Waals surface area contributed by atoms with Crippen LogP contribution in [-0.4, -0.2) is 26.6 Å². The van der Waals surface area contributed by atoms with Gasteiger partial charge in [-0.05, 0) is 31.5 Å². The number of nitrogens with zero attached hydrogens (tertiary/aromatic N) is 3. The smallest absolute Gasteiger partial charge is 0.234 e. The fourth-order valence-electron chi connectivity index (χ4n) is 2.03. The summed E-state index contributed by atoms with van der Waals surface area (Å²) in [7, 11) is 0. The number of carbonyl (C=O) groups is 1. The second kappa shape index (κ2) is 6.41. The van der Waals surface area contributed by atoms with Gasteiger partial charge in [-0.25, -0.2) is 9.97 Å². The number of nitrogens with one attached hydrogen (secondary N) is 1. The van der Waals surface area contributed by atoms with Gasteiger partial charge in [-0.1, -0.05) is 11.8 Å². The van der Waals surface area contributed by atoms with Crippen molar-refractivity contribution >= 4 is 44.9 Å². The summed E-state index contributed by atoms with van der Waals surface area (Å²) in [4.78, 5) is 26.8. The van der Waals surface area contributed by atoms with Crippen molar-refractivity contribution in [1.29, 1.82) is 0 Å². The number of fused-ring (bicyclic) bond motifs is 1. The summed E-state index contributed by atoms with van der Waals surface area (Å²) in [5.41, 5.74) is 1.94. The van der Waals surface area contributed by atoms with E-state index in [0.29, 0.717) is 5.75 Å². The first kappa shape index (κ1) is 14.9. The van der Waals surface area contributed by atoms with E-state index in [1.54, 1.807) is 42.2 Å². The van der Waals surface area contributed by atoms with Gasteiger partial charge < -0.3 is 5.32 Å². The lowest BCUT2D eigenvalue weighted by atomic mass is 10.2. The minimum absolute atomic E-state index is 0.0624. The molecule has 0 bridgehead atoms. The molecule has 7 heteroatoms. The van der Waals surface area contributed by atoms with Gasteiger partial charge in [0.1, 0.15) is 16.2 Å². The van der Waals surface area contributed by atoms with E-state index in [4.69, 9.17) is 0 Å². The first-order valence-electron chi connectivity index (χ1n) is 6.68. The Balaban J connectivity index is 1.73. The maximum Gasteiger partial charge on any atom is 0.234 e. The highest BCUT2D eigenvalue weighted by molar-refractivity contribution is 8.00. The fourth-order valence-corrected chi connectivity index (χ4v) is 3.94. The number of amides is 1. The van der Waals surface area contributed by atoms with E-state index in [2.05, 4.69) is 34.1 Å². The van der Waals surface area contributed by atoms with Crippen LogP contribution in [0.15, 0.2) is 35.9 Å². The van der Waals surface area contributed by atoms with Crippen molar-refractivity contribution in [3.8, 4) is 0 Å². The molecule has 5 nitrogen and oxygen atoms in total. The first-order chi connectivity index (χ1) is 10.6. The van der Waals surface area contributed by atoms with E-state index in [1.165, 1.54) is 22.2 Å². The Kier molecular flexibility index (Phi) is 4.35. The molecule has 3 aromatic heterocycles. The zero-order valence-corrected chi connectivity index (χ0v) is 13.8. The van der Waals surface area contributed by atoms with Gasteiger partial charge in [0.05, 0.1) is 5.75 Å². The van der Waals surface area contributed by atoms with Crippen LogP contribution in [0.5, 0.6) is 0 Å². The first-order valence-corrected chi connectivity index (χ1v) is 8.48. The van der Waals surface area contributed by atoms with E-state index < -0.39 is 0 Å². The zero-order valence-electron chi connectivity index (χ0n) is 12.2. The summed E-state index contributed by atoms with van der Waals surface area (Å²) in [5, 5.41) is 4.76. The van der Waals surface area contributed by atoms with Crippen molar-refractivity contribution in [2.24, 2.45) is 0 Å². The Morgan fingerprint density at radius 2 is 2.05 bits per heavy atom. The predicted octanol–water partition coefficient (Wildman–Crippen LogP) is 3.43. The topological polar surface area (TPSA) is 67.8 Å². The summed E-state index contributed by atoms with van der Waals surface area (Å²) in [6, 6.07) is 3.52. The van der Waals surface area contributed by atoms with E-state index in [9.17, 15) is 4.79 Å². The van der Waals surface area contributed by atoms with E-state index in [0.717, 1.165) is 20.9 Å². The van der Waals surface area contributed by atoms with Gasteiger partial charge >= 0.3 is 0 Å². The molecule has 0 saturated heterocycles. The molecule has 3 heterocycles. The van der Waals surface area contributed by atoms with Gasteiger partial charge in [0.25, 0.3) is 0 Å². The maximum atomic E-state index is 12.0. The lowest BCUT2D eigenvalue weighted by Gasteiger charge is -2.05. The Labute approximate surface area is 136 Å². The average Bonchev–Trinajstić information content (AvgIpc) is 2.82. The molecule has 22 heavy (non-hydrogen) atoms. The Morgan fingerprint density at radius 3 is 2.82 bits per heavy atom. The lowest BCUT2D eigenvalue weighted by molar-refractivity contribution is -0.113. The van der Waals surface area contributed by atoms with Crippen molar-refractivity contribution in [2.45, 2.75) is 18.9 Å². The SMILES string of the molecule is Cc1sc2ncnc(SCC(=O)Nc3ccncc3)c2c1C. The molecule has 0 fully saturated rings. The number of hydrogen-bond donors (Lipinski definition) is 1. The van der Waals surface area contributed by atoms with Crippen LogP contribution in [0.4, 0.5) is 5.69 Å². The number of hydrogen-bond acceptors (Lipinski definition) is 6. The lowest BCUT2D eigenvalue weighted by Crippen LogP contribution is -2.14. The Morgan fingerprint density at radius 1 is 1.27 bits per heavy atom. The van der Waals surface area contributed by atoms with Gasteiger partial charge in [-0.15, -0.1) is 11.3 Å². The molecular formula is C15H14N4OS2. The Bertz CT molecular complexity index is 817. The average molecular weight is 330 g/mol. The van der Waals surface area contributed by atoms with Crippen molar-refractivity contribution in [2.75, 3.05) is 11.1 Å². The molecule has 112 valence electrons. The molecule has 0 aliphatic rings. The second-order valence-corrected chi connectivity index (χ2v) is 6.88. The van der Waals surface area contributed by atoms with Crippen molar-refractivity contribution in [3.63, 3.8) is 0 Å². The van der Waals surface area contributed by atoms with Crippen LogP contribution in [-0.2, 0) is 4.79 Å². The molecule has 0 aliphatic heterocycles. The fraction of sp³-hybridized carbons (Fsp3) is 0.200. The number of pyridine rings is 1. The molecule has 1 amide bonds. The van der Waals surface area contributed by atoms with Crippen LogP contribution in [0.2, 0.25) is 0 Å². The highest BCUT2D eigenvalue weighted by atomic mass is 32.2. The third-order valence-corrected chi connectivity index (χ3v) is 5.34. The molecule has 0 saturated carbocycles. The third-order valence-electron chi connectivity index (χ3n) is 3.23. The van der Waals surface area contributed by atoms with E-state index in [-0.39, 0.29) is 5.91 Å². The van der Waals surface area contributed by atoms with Gasteiger partial charge in [0, 0.05) is 28.3 Å². The predicted molar refractivity (Wildman–Crippen MR) is 90.5 cm³/mol. The van der Waals surface area contributed by atoms with Crippen molar-refractivity contribution < 1.29 is 4.79 Å². The molecule has 3 aromatic rings. The van der Waals surface area contributed by atoms with Gasteiger partial charge in [-0.3, -0.25) is 9.78 Å². The third kappa shape index (κ3) is 3.10. The largest absolute Gasteiger partial charge is 0.325 e. The van der Waals surface area contributed by atoms with Crippen LogP contribution in [0.3, 0.4) is 0 Å². The standard InChI is InChI=1S/C15H14N4OS2/c1-9-10(2)22-15-13(9)14(17-8-18-15)21-7-12(20)19-11-3-5-16-6-4-11/h3-6,8H,7H2,1-2H3,(H,16,19,20). The normalized spacial score (nSPS) is 10.8. The van der Waals surface area contributed by atoms with Gasteiger partial charge in [-0.2, -0.15) is 0 Å². The van der Waals surface area contributed by atoms with Crippen LogP contribution in [0.25, 0.3) is 10.2 Å². The minimum Gasteiger partial charge on any atom is -0.325 e. The van der Waals surface area contributed by atoms with Crippen molar-refractivity contribution in [3.05, 3.63) is 41.3 Å². The molecule has 0 atom stereocenters. The molecule has 0 radical (unpaired) electrons. The summed E-state index contributed by atoms with van der Waals surface area (Å²) in [6.45, 7) is 4.14. The number of aromatic nitrogens is 3. The summed E-state index contributed by atoms with van der Waals surface area (Å²) < 4.78 is 0. The van der Waals surface area contributed by atoms with Crippen molar-refractivity contribution in [1.82, 2.24) is 15.0 Å². The Hall–Kier alpha value is -1.99. The van der Waals surface area contributed by atoms with Gasteiger partial charge in [0.2, 0.25) is 5.91 Å². The molecular weight excluding hydrogens is 316 g/mol. The van der Waals surface area contributed by atoms with E-state index in [1.807, 2.05) is 0 Å². The molecule has 0 aromatic carbocycles. The minimum atomic E-state index is -0.0624. The van der Waals surface area contributed by atoms with Crippen LogP contribution < -0.4 is 5.32 Å². The van der Waals surface area contributed by atoms with Crippen LogP contribution >= 0.6 is 23.1 Å². The van der Waals surface area contributed by atoms with Crippen LogP contribution in [0, 0.1) is 13.8 Å². The number of thiophene rings is 1. The maximum absolute atomic E-state index is 12.0. The zero-order chi connectivity index (χ0) is 15.5. The number of thioether (sulfide) groups is 1. The van der Waals surface area contributed by atoms with E-state index >= 15 is 0 Å². The number of anilines is 1. The monoisotopic (exact) mass is 330 g/mol. The summed E-state index contributed by atoms with van der Waals surface area (Å²) in [6.07, 6.45) is 4.85. The quantitative estimate of drug-likeness (QED) is 0.586. The molecule has 0 aliphatic carbocycles. The highest BCUT2D eigenvalue weighted by Gasteiger charge is 2.13. The summed E-state index contributed by atoms with van der Waals surface area (Å²) >= 11 is 3.09. The second-order valence-electron chi connectivity index (χ2n) is 4.71. The molecule has 0 spiro atoms. The molecule has 0 unspecified atom stereocenters. The highest BCUT2D eigenvalue weighted by Crippen LogP contribution is 2.34. The van der Waals surface area contributed by atoms with Crippen LogP contribution in [0.1, 0.15) is 10.4 Å². The number of rotatable bonds is 4. The molecule has 3 rings (SSSR count). The molecule has 1 N–H and O–H groups in total. The summed E-state index contributed by atoms with van der Waals surface area (Å²) in [5.74, 6) is 0.246. The van der Waals surface area contributed by atoms with Gasteiger partial charge in [0.15, 0.2) is 0 Å². The number of aryl methyl sites for hydroxylation is 2.